The van der Waals surface area contributed by atoms with Crippen LogP contribution < -0.4 is 10.5 Å². The van der Waals surface area contributed by atoms with Crippen molar-refractivity contribution in [1.82, 2.24) is 0 Å². The Morgan fingerprint density at radius 2 is 1.90 bits per heavy atom. The molecular formula is C14H11BrClF2NO. The van der Waals surface area contributed by atoms with Crippen LogP contribution in [0.25, 0.3) is 0 Å². The van der Waals surface area contributed by atoms with Gasteiger partial charge in [0.05, 0.1) is 9.50 Å². The van der Waals surface area contributed by atoms with Crippen molar-refractivity contribution < 1.29 is 13.5 Å². The first kappa shape index (κ1) is 15.2. The first-order valence-electron chi connectivity index (χ1n) is 5.82. The summed E-state index contributed by atoms with van der Waals surface area (Å²) in [4.78, 5) is 0. The zero-order valence-electron chi connectivity index (χ0n) is 10.3. The van der Waals surface area contributed by atoms with Gasteiger partial charge >= 0.3 is 0 Å². The van der Waals surface area contributed by atoms with Gasteiger partial charge in [-0.05, 0) is 47.1 Å². The number of hydrogen-bond donors (Lipinski definition) is 1. The van der Waals surface area contributed by atoms with E-state index in [0.29, 0.717) is 22.2 Å². The summed E-state index contributed by atoms with van der Waals surface area (Å²) in [5.74, 6) is -0.492. The van der Waals surface area contributed by atoms with Crippen LogP contribution in [0.3, 0.4) is 0 Å². The van der Waals surface area contributed by atoms with E-state index in [2.05, 4.69) is 15.9 Å². The number of halogens is 4. The smallest absolute Gasteiger partial charge is 0.145 e. The summed E-state index contributed by atoms with van der Waals surface area (Å²) in [5, 5.41) is -0.0225. The molecule has 2 nitrogen and oxygen atoms in total. The third-order valence-corrected chi connectivity index (χ3v) is 3.57. The lowest BCUT2D eigenvalue weighted by atomic mass is 10.1. The molecule has 0 aliphatic heterocycles. The van der Waals surface area contributed by atoms with E-state index < -0.39 is 11.6 Å². The fourth-order valence-electron chi connectivity index (χ4n) is 1.72. The van der Waals surface area contributed by atoms with Crippen LogP contribution in [0.5, 0.6) is 11.5 Å². The van der Waals surface area contributed by atoms with Crippen molar-refractivity contribution in [2.24, 2.45) is 5.73 Å². The Morgan fingerprint density at radius 1 is 1.15 bits per heavy atom. The lowest BCUT2D eigenvalue weighted by Gasteiger charge is -2.13. The molecule has 20 heavy (non-hydrogen) atoms. The number of hydrogen-bond acceptors (Lipinski definition) is 2. The Kier molecular flexibility index (Phi) is 4.96. The molecule has 0 fully saturated rings. The van der Waals surface area contributed by atoms with Gasteiger partial charge < -0.3 is 10.5 Å². The van der Waals surface area contributed by atoms with Crippen LogP contribution >= 0.6 is 27.5 Å². The molecule has 0 unspecified atom stereocenters. The maximum Gasteiger partial charge on any atom is 0.145 e. The average Bonchev–Trinajstić information content (AvgIpc) is 2.40. The predicted octanol–water partition coefficient (Wildman–Crippen LogP) is 4.67. The lowest BCUT2D eigenvalue weighted by molar-refractivity contribution is 0.459. The molecule has 0 aliphatic rings. The molecule has 2 rings (SSSR count). The van der Waals surface area contributed by atoms with Crippen LogP contribution in [-0.2, 0) is 6.42 Å². The Morgan fingerprint density at radius 3 is 2.60 bits per heavy atom. The maximum absolute atomic E-state index is 13.7. The van der Waals surface area contributed by atoms with Crippen molar-refractivity contribution in [2.75, 3.05) is 6.54 Å². The van der Waals surface area contributed by atoms with E-state index in [1.165, 1.54) is 18.2 Å². The molecule has 0 amide bonds. The molecule has 0 saturated carbocycles. The van der Waals surface area contributed by atoms with Gasteiger partial charge in [0.2, 0.25) is 0 Å². The van der Waals surface area contributed by atoms with Crippen LogP contribution in [-0.4, -0.2) is 6.54 Å². The minimum atomic E-state index is -0.610. The molecule has 0 bridgehead atoms. The first-order valence-corrected chi connectivity index (χ1v) is 7.00. The predicted molar refractivity (Wildman–Crippen MR) is 78.3 cm³/mol. The van der Waals surface area contributed by atoms with E-state index in [1.54, 1.807) is 6.07 Å². The summed E-state index contributed by atoms with van der Waals surface area (Å²) >= 11 is 8.88. The zero-order valence-corrected chi connectivity index (χ0v) is 12.6. The summed E-state index contributed by atoms with van der Waals surface area (Å²) in [6.07, 6.45) is 0.329. The number of ether oxygens (including phenoxy) is 1. The van der Waals surface area contributed by atoms with Crippen molar-refractivity contribution in [3.05, 3.63) is 57.0 Å². The Hall–Kier alpha value is -1.17. The van der Waals surface area contributed by atoms with Crippen LogP contribution in [0.2, 0.25) is 5.02 Å². The summed E-state index contributed by atoms with van der Waals surface area (Å²) < 4.78 is 33.3. The van der Waals surface area contributed by atoms with Gasteiger partial charge in [0, 0.05) is 11.6 Å². The normalized spacial score (nSPS) is 10.7. The highest BCUT2D eigenvalue weighted by Crippen LogP contribution is 2.35. The third kappa shape index (κ3) is 3.29. The molecule has 0 aliphatic carbocycles. The van der Waals surface area contributed by atoms with E-state index in [4.69, 9.17) is 22.1 Å². The highest BCUT2D eigenvalue weighted by Gasteiger charge is 2.13. The summed E-state index contributed by atoms with van der Waals surface area (Å²) in [6, 6.07) is 6.98. The summed E-state index contributed by atoms with van der Waals surface area (Å²) in [5.41, 5.74) is 5.82. The topological polar surface area (TPSA) is 35.2 Å². The van der Waals surface area contributed by atoms with E-state index in [1.807, 2.05) is 0 Å². The highest BCUT2D eigenvalue weighted by atomic mass is 79.9. The van der Waals surface area contributed by atoms with Gasteiger partial charge in [-0.2, -0.15) is 0 Å². The maximum atomic E-state index is 13.7. The van der Waals surface area contributed by atoms with E-state index >= 15 is 0 Å². The fraction of sp³-hybridized carbons (Fsp3) is 0.143. The lowest BCUT2D eigenvalue weighted by Crippen LogP contribution is -2.06. The van der Waals surface area contributed by atoms with Crippen LogP contribution in [0.4, 0.5) is 8.78 Å². The molecule has 2 aromatic carbocycles. The monoisotopic (exact) mass is 361 g/mol. The largest absolute Gasteiger partial charge is 0.456 e. The van der Waals surface area contributed by atoms with E-state index in [0.717, 1.165) is 6.07 Å². The molecule has 0 aromatic heterocycles. The van der Waals surface area contributed by atoms with Gasteiger partial charge in [-0.25, -0.2) is 8.78 Å². The first-order chi connectivity index (χ1) is 9.52. The van der Waals surface area contributed by atoms with Crippen molar-refractivity contribution in [2.45, 2.75) is 6.42 Å². The quantitative estimate of drug-likeness (QED) is 0.802. The van der Waals surface area contributed by atoms with Gasteiger partial charge in [0.15, 0.2) is 0 Å². The van der Waals surface area contributed by atoms with E-state index in [-0.39, 0.29) is 17.3 Å². The Bertz CT molecular complexity index is 637. The average molecular weight is 363 g/mol. The number of rotatable bonds is 4. The molecule has 0 spiro atoms. The third-order valence-electron chi connectivity index (χ3n) is 2.66. The van der Waals surface area contributed by atoms with Gasteiger partial charge in [-0.1, -0.05) is 17.7 Å². The highest BCUT2D eigenvalue weighted by molar-refractivity contribution is 9.10. The minimum absolute atomic E-state index is 0.0225. The van der Waals surface area contributed by atoms with Gasteiger partial charge in [0.25, 0.3) is 0 Å². The van der Waals surface area contributed by atoms with Crippen molar-refractivity contribution in [1.29, 1.82) is 0 Å². The van der Waals surface area contributed by atoms with Crippen molar-refractivity contribution in [3.8, 4) is 11.5 Å². The fourth-order valence-corrected chi connectivity index (χ4v) is 2.44. The molecular weight excluding hydrogens is 352 g/mol. The number of benzene rings is 2. The van der Waals surface area contributed by atoms with Gasteiger partial charge in [-0.3, -0.25) is 0 Å². The van der Waals surface area contributed by atoms with E-state index in [9.17, 15) is 8.78 Å². The molecule has 2 N–H and O–H groups in total. The molecule has 0 radical (unpaired) electrons. The summed E-state index contributed by atoms with van der Waals surface area (Å²) in [7, 11) is 0. The molecule has 6 heteroatoms. The molecule has 0 heterocycles. The minimum Gasteiger partial charge on any atom is -0.456 e. The number of nitrogens with two attached hydrogens (primary N) is 1. The van der Waals surface area contributed by atoms with Crippen LogP contribution in [0.1, 0.15) is 5.56 Å². The summed E-state index contributed by atoms with van der Waals surface area (Å²) in [6.45, 7) is 0.285. The Labute approximate surface area is 128 Å². The SMILES string of the molecule is NCCc1c(F)cccc1Oc1cc(F)c(Cl)cc1Br. The molecule has 0 atom stereocenters. The zero-order chi connectivity index (χ0) is 14.7. The Balaban J connectivity index is 2.40. The second kappa shape index (κ2) is 6.52. The van der Waals surface area contributed by atoms with Gasteiger partial charge in [-0.15, -0.1) is 0 Å². The second-order valence-electron chi connectivity index (χ2n) is 4.05. The molecule has 0 saturated heterocycles. The van der Waals surface area contributed by atoms with Gasteiger partial charge in [0.1, 0.15) is 23.1 Å². The van der Waals surface area contributed by atoms with Crippen molar-refractivity contribution in [3.63, 3.8) is 0 Å². The van der Waals surface area contributed by atoms with Crippen LogP contribution in [0.15, 0.2) is 34.8 Å². The molecule has 2 aromatic rings. The van der Waals surface area contributed by atoms with Crippen LogP contribution in [0, 0.1) is 11.6 Å². The van der Waals surface area contributed by atoms with Crippen molar-refractivity contribution >= 4 is 27.5 Å². The second-order valence-corrected chi connectivity index (χ2v) is 5.32. The standard InChI is InChI=1S/C14H11BrClF2NO/c15-9-6-10(16)12(18)7-14(9)20-13-3-1-2-11(17)8(13)4-5-19/h1-3,6-7H,4-5,19H2. The molecule has 106 valence electrons.